The Morgan fingerprint density at radius 1 is 0.766 bits per heavy atom. The minimum absolute atomic E-state index is 0.00519. The molecule has 0 spiro atoms. The molecule has 6 aromatic rings. The Morgan fingerprint density at radius 2 is 1.27 bits per heavy atom. The van der Waals surface area contributed by atoms with E-state index in [1.807, 2.05) is 0 Å². The molecular formula is C40H33Cl2F7N6O9. The van der Waals surface area contributed by atoms with Crippen LogP contribution in [0.5, 0.6) is 0 Å². The third kappa shape index (κ3) is 8.59. The van der Waals surface area contributed by atoms with E-state index >= 15 is 0 Å². The van der Waals surface area contributed by atoms with E-state index in [1.54, 1.807) is 24.3 Å². The van der Waals surface area contributed by atoms with Crippen LogP contribution in [-0.4, -0.2) is 91.7 Å². The zero-order valence-corrected chi connectivity index (χ0v) is 34.8. The normalized spacial score (nSPS) is 19.6. The molecule has 2 aromatic carbocycles. The lowest BCUT2D eigenvalue weighted by molar-refractivity contribution is -0.153. The molecule has 0 bridgehead atoms. The number of carbonyl (C=O) groups excluding carboxylic acids is 2. The zero-order chi connectivity index (χ0) is 46.5. The Kier molecular flexibility index (Phi) is 12.7. The van der Waals surface area contributed by atoms with Gasteiger partial charge in [-0.05, 0) is 31.0 Å². The van der Waals surface area contributed by atoms with Crippen molar-refractivity contribution in [3.8, 4) is 45.2 Å². The number of rotatable bonds is 10. The van der Waals surface area contributed by atoms with Gasteiger partial charge in [0.05, 0.1) is 83.7 Å². The molecule has 0 saturated heterocycles. The molecule has 2 N–H and O–H groups in total. The molecule has 2 saturated carbocycles. The van der Waals surface area contributed by atoms with Gasteiger partial charge in [-0.3, -0.25) is 9.36 Å². The quantitative estimate of drug-likeness (QED) is 0.0979. The number of carbonyl (C=O) groups is 2. The van der Waals surface area contributed by atoms with Crippen molar-refractivity contribution in [3.05, 3.63) is 93.2 Å². The molecule has 340 valence electrons. The summed E-state index contributed by atoms with van der Waals surface area (Å²) in [4.78, 5) is 25.0. The standard InChI is InChI=1S/C21H19ClF3N3O5.C19H14ClF4N3O4/c1-31-10-20(30)7-11(8-20)28-18(21(23,24)25)13(9-26-28)17-15(19(29)32-2)16(27-33-17)12-5-3-4-6-14(12)22;1-30-18(29)14-15(13-11(20)3-2-4-12(13)21)26-31-16(14)10-7-25-27(8-5-9(28)6-8)17(10)19(22,23)24/h3-6,9,11,30H,7-8,10H2,1-2H3;2-4,7-9,28H,5-6H2,1H3. The lowest BCUT2D eigenvalue weighted by Gasteiger charge is -2.43. The van der Waals surface area contributed by atoms with E-state index in [2.05, 4.69) is 25.2 Å². The van der Waals surface area contributed by atoms with Gasteiger partial charge >= 0.3 is 24.3 Å². The summed E-state index contributed by atoms with van der Waals surface area (Å²) in [6.45, 7) is -0.00519. The SMILES string of the molecule is COC(=O)c1c(-c2c(F)cccc2Cl)noc1-c1cnn(C2CC(O)C2)c1C(F)(F)F.COCC1(O)CC(n2ncc(-c3onc(-c4ccccc4Cl)c3C(=O)OC)c2C(F)(F)F)C1. The van der Waals surface area contributed by atoms with Gasteiger partial charge in [-0.15, -0.1) is 0 Å². The molecule has 0 atom stereocenters. The molecule has 0 amide bonds. The Bertz CT molecular complexity index is 2680. The number of nitrogens with zero attached hydrogens (tertiary/aromatic N) is 6. The number of halogens is 9. The first-order chi connectivity index (χ1) is 30.2. The second kappa shape index (κ2) is 17.6. The van der Waals surface area contributed by atoms with Gasteiger partial charge in [-0.25, -0.2) is 14.0 Å². The highest BCUT2D eigenvalue weighted by Crippen LogP contribution is 2.49. The van der Waals surface area contributed by atoms with Crippen LogP contribution in [0.1, 0.15) is 69.9 Å². The van der Waals surface area contributed by atoms with Crippen LogP contribution in [0, 0.1) is 5.82 Å². The minimum atomic E-state index is -4.87. The number of aliphatic hydroxyl groups excluding tert-OH is 1. The summed E-state index contributed by atoms with van der Waals surface area (Å²) in [6, 6.07) is 8.69. The van der Waals surface area contributed by atoms with Crippen molar-refractivity contribution in [2.24, 2.45) is 0 Å². The molecular weight excluding hydrogens is 912 g/mol. The van der Waals surface area contributed by atoms with Crippen molar-refractivity contribution in [3.63, 3.8) is 0 Å². The lowest BCUT2D eigenvalue weighted by Crippen LogP contribution is -2.49. The smallest absolute Gasteiger partial charge is 0.433 e. The van der Waals surface area contributed by atoms with E-state index in [4.69, 9.17) is 41.7 Å². The Balaban J connectivity index is 0.000000192. The number of hydrogen-bond donors (Lipinski definition) is 2. The summed E-state index contributed by atoms with van der Waals surface area (Å²) in [7, 11) is 3.50. The van der Waals surface area contributed by atoms with Gasteiger partial charge in [-0.1, -0.05) is 57.8 Å². The molecule has 4 heterocycles. The maximum absolute atomic E-state index is 14.4. The molecule has 8 rings (SSSR count). The van der Waals surface area contributed by atoms with Crippen molar-refractivity contribution in [1.29, 1.82) is 0 Å². The van der Waals surface area contributed by atoms with E-state index < -0.39 is 99.2 Å². The molecule has 4 aromatic heterocycles. The van der Waals surface area contributed by atoms with Gasteiger partial charge in [0.15, 0.2) is 22.9 Å². The Morgan fingerprint density at radius 3 is 1.75 bits per heavy atom. The first-order valence-corrected chi connectivity index (χ1v) is 19.5. The number of benzene rings is 2. The minimum Gasteiger partial charge on any atom is -0.465 e. The summed E-state index contributed by atoms with van der Waals surface area (Å²) in [5, 5.41) is 35.1. The fraction of sp³-hybridized carbons (Fsp3) is 0.350. The predicted octanol–water partition coefficient (Wildman–Crippen LogP) is 8.88. The van der Waals surface area contributed by atoms with Gasteiger partial charge < -0.3 is 33.5 Å². The van der Waals surface area contributed by atoms with E-state index in [1.165, 1.54) is 19.2 Å². The summed E-state index contributed by atoms with van der Waals surface area (Å²) in [5.41, 5.74) is -5.89. The van der Waals surface area contributed by atoms with Crippen LogP contribution in [0.4, 0.5) is 30.7 Å². The topological polar surface area (TPSA) is 190 Å². The third-order valence-electron chi connectivity index (χ3n) is 10.5. The van der Waals surface area contributed by atoms with Crippen LogP contribution >= 0.6 is 23.2 Å². The first-order valence-electron chi connectivity index (χ1n) is 18.8. The number of ether oxygens (including phenoxy) is 3. The lowest BCUT2D eigenvalue weighted by atomic mass is 9.76. The molecule has 2 fully saturated rings. The van der Waals surface area contributed by atoms with Crippen LogP contribution in [-0.2, 0) is 26.6 Å². The third-order valence-corrected chi connectivity index (χ3v) is 11.2. The molecule has 64 heavy (non-hydrogen) atoms. The van der Waals surface area contributed by atoms with E-state index in [0.717, 1.165) is 42.0 Å². The van der Waals surface area contributed by atoms with Crippen molar-refractivity contribution >= 4 is 35.1 Å². The highest BCUT2D eigenvalue weighted by Gasteiger charge is 2.50. The van der Waals surface area contributed by atoms with Gasteiger partial charge in [0, 0.05) is 25.5 Å². The predicted molar refractivity (Wildman–Crippen MR) is 208 cm³/mol. The van der Waals surface area contributed by atoms with E-state index in [9.17, 15) is 50.5 Å². The highest BCUT2D eigenvalue weighted by molar-refractivity contribution is 6.34. The average molecular weight is 946 g/mol. The number of aromatic nitrogens is 6. The Hall–Kier alpha value is -5.81. The van der Waals surface area contributed by atoms with Crippen molar-refractivity contribution in [2.45, 2.75) is 61.8 Å². The van der Waals surface area contributed by atoms with Crippen molar-refractivity contribution in [1.82, 2.24) is 29.9 Å². The number of alkyl halides is 6. The average Bonchev–Trinajstić information content (AvgIpc) is 4.03. The maximum Gasteiger partial charge on any atom is 0.433 e. The monoisotopic (exact) mass is 944 g/mol. The summed E-state index contributed by atoms with van der Waals surface area (Å²) >= 11 is 12.2. The largest absolute Gasteiger partial charge is 0.465 e. The molecule has 2 aliphatic rings. The zero-order valence-electron chi connectivity index (χ0n) is 33.3. The molecule has 0 aliphatic heterocycles. The molecule has 24 heteroatoms. The van der Waals surface area contributed by atoms with Gasteiger partial charge in [0.25, 0.3) is 0 Å². The molecule has 0 unspecified atom stereocenters. The molecule has 2 aliphatic carbocycles. The fourth-order valence-corrected chi connectivity index (χ4v) is 8.05. The van der Waals surface area contributed by atoms with Crippen molar-refractivity contribution < 1.29 is 73.8 Å². The van der Waals surface area contributed by atoms with Gasteiger partial charge in [0.1, 0.15) is 28.3 Å². The Labute approximate surface area is 366 Å². The second-order valence-corrected chi connectivity index (χ2v) is 15.5. The number of esters is 2. The highest BCUT2D eigenvalue weighted by atomic mass is 35.5. The number of aliphatic hydroxyl groups is 2. The summed E-state index contributed by atoms with van der Waals surface area (Å²) in [5.74, 6) is -3.92. The number of hydrogen-bond acceptors (Lipinski definition) is 13. The summed E-state index contributed by atoms with van der Waals surface area (Å²) in [6.07, 6.45) is -8.35. The first kappa shape index (κ1) is 46.2. The molecule has 0 radical (unpaired) electrons. The second-order valence-electron chi connectivity index (χ2n) is 14.7. The molecule has 15 nitrogen and oxygen atoms in total. The van der Waals surface area contributed by atoms with Crippen LogP contribution in [0.15, 0.2) is 63.9 Å². The van der Waals surface area contributed by atoms with Gasteiger partial charge in [0.2, 0.25) is 0 Å². The number of methoxy groups -OCH3 is 3. The fourth-order valence-electron chi connectivity index (χ4n) is 7.57. The summed E-state index contributed by atoms with van der Waals surface area (Å²) < 4.78 is 125. The van der Waals surface area contributed by atoms with Gasteiger partial charge in [-0.2, -0.15) is 36.5 Å². The van der Waals surface area contributed by atoms with E-state index in [-0.39, 0.29) is 59.2 Å². The van der Waals surface area contributed by atoms with Crippen LogP contribution in [0.3, 0.4) is 0 Å². The van der Waals surface area contributed by atoms with Crippen LogP contribution < -0.4 is 0 Å². The maximum atomic E-state index is 14.4. The van der Waals surface area contributed by atoms with Crippen molar-refractivity contribution in [2.75, 3.05) is 27.9 Å². The van der Waals surface area contributed by atoms with Crippen LogP contribution in [0.25, 0.3) is 45.2 Å². The van der Waals surface area contributed by atoms with Crippen LogP contribution in [0.2, 0.25) is 10.0 Å². The van der Waals surface area contributed by atoms with E-state index in [0.29, 0.717) is 5.56 Å².